The van der Waals surface area contributed by atoms with Gasteiger partial charge in [-0.15, -0.1) is 0 Å². The first-order chi connectivity index (χ1) is 8.88. The van der Waals surface area contributed by atoms with Crippen LogP contribution in [0.5, 0.6) is 0 Å². The highest BCUT2D eigenvalue weighted by Crippen LogP contribution is 2.38. The molecule has 4 nitrogen and oxygen atoms in total. The van der Waals surface area contributed by atoms with E-state index >= 15 is 0 Å². The van der Waals surface area contributed by atoms with E-state index in [0.29, 0.717) is 12.0 Å². The van der Waals surface area contributed by atoms with E-state index < -0.39 is 0 Å². The largest absolute Gasteiger partial charge is 0.367 e. The van der Waals surface area contributed by atoms with Gasteiger partial charge in [-0.1, -0.05) is 13.8 Å². The van der Waals surface area contributed by atoms with Crippen molar-refractivity contribution in [1.82, 2.24) is 14.9 Å². The van der Waals surface area contributed by atoms with Gasteiger partial charge in [-0.25, -0.2) is 9.97 Å². The van der Waals surface area contributed by atoms with Gasteiger partial charge in [0.1, 0.15) is 11.6 Å². The number of aromatic nitrogens is 2. The van der Waals surface area contributed by atoms with Crippen LogP contribution in [0.3, 0.4) is 0 Å². The molecule has 0 saturated heterocycles. The molecule has 0 spiro atoms. The maximum Gasteiger partial charge on any atom is 0.133 e. The fraction of sp³-hybridized carbons (Fsp3) is 0.733. The zero-order valence-corrected chi connectivity index (χ0v) is 12.8. The van der Waals surface area contributed by atoms with Crippen LogP contribution in [-0.4, -0.2) is 41.5 Å². The van der Waals surface area contributed by atoms with Crippen molar-refractivity contribution in [2.45, 2.75) is 45.6 Å². The van der Waals surface area contributed by atoms with E-state index in [2.05, 4.69) is 55.1 Å². The minimum absolute atomic E-state index is 0.189. The zero-order chi connectivity index (χ0) is 14.0. The lowest BCUT2D eigenvalue weighted by molar-refractivity contribution is 0.217. The monoisotopic (exact) mass is 262 g/mol. The van der Waals surface area contributed by atoms with Gasteiger partial charge in [-0.2, -0.15) is 0 Å². The lowest BCUT2D eigenvalue weighted by Crippen LogP contribution is -2.41. The molecule has 1 N–H and O–H groups in total. The molecule has 4 heteroatoms. The Labute approximate surface area is 116 Å². The van der Waals surface area contributed by atoms with E-state index in [0.717, 1.165) is 18.2 Å². The Morgan fingerprint density at radius 3 is 2.68 bits per heavy atom. The summed E-state index contributed by atoms with van der Waals surface area (Å²) >= 11 is 0. The van der Waals surface area contributed by atoms with Crippen LogP contribution < -0.4 is 5.32 Å². The highest BCUT2D eigenvalue weighted by atomic mass is 15.1. The Kier molecular flexibility index (Phi) is 4.09. The number of hydrogen-bond donors (Lipinski definition) is 1. The van der Waals surface area contributed by atoms with Crippen molar-refractivity contribution in [1.29, 1.82) is 0 Å². The van der Waals surface area contributed by atoms with Crippen LogP contribution in [0.15, 0.2) is 12.3 Å². The van der Waals surface area contributed by atoms with Crippen molar-refractivity contribution in [3.8, 4) is 0 Å². The molecule has 0 aromatic carbocycles. The standard InChI is InChI=1S/C15H26N4/c1-11(15(2,3)10-19(4)5)17-13-8-9-16-14(18-13)12-6-7-12/h8-9,11-12H,6-7,10H2,1-5H3,(H,16,17,18). The molecular weight excluding hydrogens is 236 g/mol. The first kappa shape index (κ1) is 14.3. The van der Waals surface area contributed by atoms with Crippen molar-refractivity contribution in [2.24, 2.45) is 5.41 Å². The third-order valence-corrected chi connectivity index (χ3v) is 3.88. The molecule has 0 radical (unpaired) electrons. The maximum atomic E-state index is 4.63. The molecule has 1 aliphatic carbocycles. The van der Waals surface area contributed by atoms with Gasteiger partial charge in [0.15, 0.2) is 0 Å². The van der Waals surface area contributed by atoms with E-state index in [1.54, 1.807) is 0 Å². The third-order valence-electron chi connectivity index (χ3n) is 3.88. The van der Waals surface area contributed by atoms with Gasteiger partial charge in [-0.05, 0) is 45.3 Å². The third kappa shape index (κ3) is 3.90. The van der Waals surface area contributed by atoms with Crippen molar-refractivity contribution in [2.75, 3.05) is 26.0 Å². The topological polar surface area (TPSA) is 41.1 Å². The van der Waals surface area contributed by atoms with Gasteiger partial charge in [0.25, 0.3) is 0 Å². The van der Waals surface area contributed by atoms with Crippen LogP contribution in [0.2, 0.25) is 0 Å². The van der Waals surface area contributed by atoms with Crippen LogP contribution in [0, 0.1) is 5.41 Å². The second kappa shape index (κ2) is 5.45. The molecule has 0 bridgehead atoms. The molecule has 1 atom stereocenters. The Balaban J connectivity index is 2.01. The fourth-order valence-corrected chi connectivity index (χ4v) is 2.36. The molecule has 1 heterocycles. The highest BCUT2D eigenvalue weighted by Gasteiger charge is 2.28. The maximum absolute atomic E-state index is 4.63. The Morgan fingerprint density at radius 2 is 2.11 bits per heavy atom. The lowest BCUT2D eigenvalue weighted by Gasteiger charge is -2.35. The summed E-state index contributed by atoms with van der Waals surface area (Å²) in [6.45, 7) is 7.84. The summed E-state index contributed by atoms with van der Waals surface area (Å²) in [5.74, 6) is 2.56. The van der Waals surface area contributed by atoms with Gasteiger partial charge < -0.3 is 10.2 Å². The Hall–Kier alpha value is -1.16. The molecule has 1 fully saturated rings. The van der Waals surface area contributed by atoms with Gasteiger partial charge in [-0.3, -0.25) is 0 Å². The van der Waals surface area contributed by atoms with Crippen molar-refractivity contribution in [3.05, 3.63) is 18.1 Å². The molecule has 1 aromatic rings. The van der Waals surface area contributed by atoms with Crippen LogP contribution >= 0.6 is 0 Å². The molecule has 1 unspecified atom stereocenters. The van der Waals surface area contributed by atoms with Gasteiger partial charge in [0.05, 0.1) is 0 Å². The number of nitrogens with one attached hydrogen (secondary N) is 1. The average molecular weight is 262 g/mol. The minimum Gasteiger partial charge on any atom is -0.367 e. The predicted octanol–water partition coefficient (Wildman–Crippen LogP) is 2.74. The summed E-state index contributed by atoms with van der Waals surface area (Å²) < 4.78 is 0. The van der Waals surface area contributed by atoms with E-state index in [-0.39, 0.29) is 5.41 Å². The SMILES string of the molecule is CC(Nc1ccnc(C2CC2)n1)C(C)(C)CN(C)C. The van der Waals surface area contributed by atoms with Crippen molar-refractivity contribution in [3.63, 3.8) is 0 Å². The van der Waals surface area contributed by atoms with Crippen LogP contribution in [0.25, 0.3) is 0 Å². The van der Waals surface area contributed by atoms with E-state index in [4.69, 9.17) is 0 Å². The highest BCUT2D eigenvalue weighted by molar-refractivity contribution is 5.35. The summed E-state index contributed by atoms with van der Waals surface area (Å²) in [5, 5.41) is 3.53. The van der Waals surface area contributed by atoms with Crippen LogP contribution in [-0.2, 0) is 0 Å². The number of hydrogen-bond acceptors (Lipinski definition) is 4. The molecule has 106 valence electrons. The minimum atomic E-state index is 0.189. The molecule has 2 rings (SSSR count). The summed E-state index contributed by atoms with van der Waals surface area (Å²) in [7, 11) is 4.23. The second-order valence-corrected chi connectivity index (χ2v) is 6.67. The van der Waals surface area contributed by atoms with Crippen molar-refractivity contribution < 1.29 is 0 Å². The zero-order valence-electron chi connectivity index (χ0n) is 12.8. The molecule has 1 aromatic heterocycles. The second-order valence-electron chi connectivity index (χ2n) is 6.67. The lowest BCUT2D eigenvalue weighted by atomic mass is 9.85. The molecule has 0 amide bonds. The predicted molar refractivity (Wildman–Crippen MR) is 79.4 cm³/mol. The van der Waals surface area contributed by atoms with Crippen molar-refractivity contribution >= 4 is 5.82 Å². The molecule has 1 aliphatic rings. The number of rotatable bonds is 6. The first-order valence-corrected chi connectivity index (χ1v) is 7.13. The Morgan fingerprint density at radius 1 is 1.42 bits per heavy atom. The normalized spacial score (nSPS) is 17.6. The summed E-state index contributed by atoms with van der Waals surface area (Å²) in [4.78, 5) is 11.2. The summed E-state index contributed by atoms with van der Waals surface area (Å²) in [6.07, 6.45) is 4.35. The molecule has 1 saturated carbocycles. The van der Waals surface area contributed by atoms with E-state index in [9.17, 15) is 0 Å². The van der Waals surface area contributed by atoms with Gasteiger partial charge in [0.2, 0.25) is 0 Å². The smallest absolute Gasteiger partial charge is 0.133 e. The molecule has 0 aliphatic heterocycles. The summed E-state index contributed by atoms with van der Waals surface area (Å²) in [5.41, 5.74) is 0.189. The van der Waals surface area contributed by atoms with E-state index in [1.165, 1.54) is 12.8 Å². The van der Waals surface area contributed by atoms with Crippen LogP contribution in [0.4, 0.5) is 5.82 Å². The Bertz CT molecular complexity index is 424. The number of anilines is 1. The van der Waals surface area contributed by atoms with Gasteiger partial charge >= 0.3 is 0 Å². The van der Waals surface area contributed by atoms with Crippen LogP contribution in [0.1, 0.15) is 45.4 Å². The first-order valence-electron chi connectivity index (χ1n) is 7.13. The molecule has 19 heavy (non-hydrogen) atoms. The fourth-order valence-electron chi connectivity index (χ4n) is 2.36. The number of nitrogens with zero attached hydrogens (tertiary/aromatic N) is 3. The quantitative estimate of drug-likeness (QED) is 0.856. The van der Waals surface area contributed by atoms with E-state index in [1.807, 2.05) is 12.3 Å². The summed E-state index contributed by atoms with van der Waals surface area (Å²) in [6, 6.07) is 2.32. The molecular formula is C15H26N4. The van der Waals surface area contributed by atoms with Gasteiger partial charge in [0, 0.05) is 24.7 Å². The average Bonchev–Trinajstić information content (AvgIpc) is 3.11.